The van der Waals surface area contributed by atoms with Crippen LogP contribution < -0.4 is 10.5 Å². The molecule has 112 valence electrons. The molecule has 3 N–H and O–H groups in total. The summed E-state index contributed by atoms with van der Waals surface area (Å²) in [6.45, 7) is 0.831. The third kappa shape index (κ3) is 3.59. The molecule has 1 amide bonds. The molecule has 2 heterocycles. The van der Waals surface area contributed by atoms with E-state index in [1.165, 1.54) is 6.07 Å². The molecule has 0 bridgehead atoms. The number of nitrogens with zero attached hydrogens (tertiary/aromatic N) is 1. The Morgan fingerprint density at radius 1 is 1.55 bits per heavy atom. The van der Waals surface area contributed by atoms with Crippen molar-refractivity contribution in [3.05, 3.63) is 15.9 Å². The minimum atomic E-state index is -3.63. The van der Waals surface area contributed by atoms with Gasteiger partial charge in [0.05, 0.1) is 10.3 Å². The first-order valence-corrected chi connectivity index (χ1v) is 9.28. The van der Waals surface area contributed by atoms with Gasteiger partial charge in [0.15, 0.2) is 0 Å². The topological polar surface area (TPSA) is 92.5 Å². The number of nitrogens with one attached hydrogen (secondary N) is 1. The number of nitrogens with two attached hydrogens (primary N) is 1. The molecule has 1 saturated heterocycles. The van der Waals surface area contributed by atoms with Crippen LogP contribution in [-0.2, 0) is 14.8 Å². The maximum Gasteiger partial charge on any atom is 0.250 e. The van der Waals surface area contributed by atoms with Gasteiger partial charge in [0, 0.05) is 19.1 Å². The number of carbonyl (C=O) groups excluding carboxylic acids is 1. The lowest BCUT2D eigenvalue weighted by atomic mass is 10.2. The highest BCUT2D eigenvalue weighted by Crippen LogP contribution is 2.25. The smallest absolute Gasteiger partial charge is 0.250 e. The van der Waals surface area contributed by atoms with Crippen LogP contribution >= 0.6 is 27.3 Å². The summed E-state index contributed by atoms with van der Waals surface area (Å²) >= 11 is 4.32. The van der Waals surface area contributed by atoms with Crippen molar-refractivity contribution >= 4 is 43.2 Å². The second-order valence-electron chi connectivity index (χ2n) is 4.50. The summed E-state index contributed by atoms with van der Waals surface area (Å²) in [6.07, 6.45) is 1.80. The zero-order valence-electron chi connectivity index (χ0n) is 10.7. The number of hydrogen-bond acceptors (Lipinski definition) is 5. The van der Waals surface area contributed by atoms with Crippen LogP contribution in [0.25, 0.3) is 0 Å². The second kappa shape index (κ2) is 6.52. The monoisotopic (exact) mass is 381 g/mol. The number of hydrogen-bond donors (Lipinski definition) is 2. The summed E-state index contributed by atoms with van der Waals surface area (Å²) < 4.78 is 27.3. The van der Waals surface area contributed by atoms with Crippen molar-refractivity contribution in [3.8, 4) is 0 Å². The highest BCUT2D eigenvalue weighted by atomic mass is 79.9. The van der Waals surface area contributed by atoms with Crippen LogP contribution in [0.15, 0.2) is 20.1 Å². The summed E-state index contributed by atoms with van der Waals surface area (Å²) in [7, 11) is -3.63. The number of thiophene rings is 1. The molecule has 1 fully saturated rings. The van der Waals surface area contributed by atoms with Crippen molar-refractivity contribution in [3.63, 3.8) is 0 Å². The molecular weight excluding hydrogens is 366 g/mol. The summed E-state index contributed by atoms with van der Waals surface area (Å²) in [5.74, 6) is -0.225. The van der Waals surface area contributed by atoms with Crippen molar-refractivity contribution in [2.75, 3.05) is 19.6 Å². The van der Waals surface area contributed by atoms with Crippen LogP contribution in [0.5, 0.6) is 0 Å². The van der Waals surface area contributed by atoms with Crippen molar-refractivity contribution < 1.29 is 13.2 Å². The van der Waals surface area contributed by atoms with Gasteiger partial charge in [-0.1, -0.05) is 0 Å². The number of halogens is 1. The van der Waals surface area contributed by atoms with E-state index in [2.05, 4.69) is 20.7 Å². The molecule has 20 heavy (non-hydrogen) atoms. The molecule has 0 spiro atoms. The van der Waals surface area contributed by atoms with E-state index in [0.29, 0.717) is 13.1 Å². The Bertz CT molecular complexity index is 587. The van der Waals surface area contributed by atoms with Gasteiger partial charge in [-0.05, 0) is 40.9 Å². The molecule has 0 radical (unpaired) electrons. The van der Waals surface area contributed by atoms with Crippen LogP contribution in [0.1, 0.15) is 12.8 Å². The Morgan fingerprint density at radius 3 is 2.90 bits per heavy atom. The molecule has 0 aliphatic carbocycles. The molecule has 6 nitrogen and oxygen atoms in total. The molecule has 1 aliphatic rings. The Balaban J connectivity index is 1.96. The van der Waals surface area contributed by atoms with Gasteiger partial charge in [-0.2, -0.15) is 0 Å². The largest absolute Gasteiger partial charge is 0.337 e. The van der Waals surface area contributed by atoms with E-state index in [1.54, 1.807) is 11.0 Å². The SMILES string of the molecule is NCC1CCCN1C(=O)CNS(=O)(=O)c1ccc(Br)s1. The van der Waals surface area contributed by atoms with Gasteiger partial charge in [0.2, 0.25) is 5.91 Å². The van der Waals surface area contributed by atoms with Crippen LogP contribution in [0.2, 0.25) is 0 Å². The molecule has 0 saturated carbocycles. The van der Waals surface area contributed by atoms with E-state index in [9.17, 15) is 13.2 Å². The zero-order valence-corrected chi connectivity index (χ0v) is 13.9. The molecular formula is C11H16BrN3O3S2. The van der Waals surface area contributed by atoms with Crippen LogP contribution in [0.4, 0.5) is 0 Å². The summed E-state index contributed by atoms with van der Waals surface area (Å²) in [5, 5.41) is 0. The highest BCUT2D eigenvalue weighted by Gasteiger charge is 2.28. The van der Waals surface area contributed by atoms with Gasteiger partial charge in [-0.15, -0.1) is 11.3 Å². The van der Waals surface area contributed by atoms with E-state index in [1.807, 2.05) is 0 Å². The standard InChI is InChI=1S/C11H16BrN3O3S2/c12-9-3-4-11(19-9)20(17,18)14-7-10(16)15-5-1-2-8(15)6-13/h3-4,8,14H,1-2,5-7,13H2. The number of carbonyl (C=O) groups is 1. The van der Waals surface area contributed by atoms with Gasteiger partial charge < -0.3 is 10.6 Å². The van der Waals surface area contributed by atoms with Crippen molar-refractivity contribution in [1.29, 1.82) is 0 Å². The molecule has 0 aromatic carbocycles. The van der Waals surface area contributed by atoms with E-state index >= 15 is 0 Å². The van der Waals surface area contributed by atoms with E-state index in [0.717, 1.165) is 28.0 Å². The summed E-state index contributed by atoms with van der Waals surface area (Å²) in [5.41, 5.74) is 5.60. The fourth-order valence-electron chi connectivity index (χ4n) is 2.18. The molecule has 9 heteroatoms. The van der Waals surface area contributed by atoms with Crippen molar-refractivity contribution in [1.82, 2.24) is 9.62 Å². The zero-order chi connectivity index (χ0) is 14.8. The Hall–Kier alpha value is -0.480. The van der Waals surface area contributed by atoms with E-state index in [-0.39, 0.29) is 22.7 Å². The number of likely N-dealkylation sites (tertiary alicyclic amines) is 1. The van der Waals surface area contributed by atoms with Gasteiger partial charge in [-0.25, -0.2) is 13.1 Å². The first-order valence-electron chi connectivity index (χ1n) is 6.18. The molecule has 1 unspecified atom stereocenters. The summed E-state index contributed by atoms with van der Waals surface area (Å²) in [4.78, 5) is 13.7. The Kier molecular flexibility index (Phi) is 5.19. The quantitative estimate of drug-likeness (QED) is 0.786. The fourth-order valence-corrected chi connectivity index (χ4v) is 5.21. The average Bonchev–Trinajstić information content (AvgIpc) is 3.04. The normalized spacial score (nSPS) is 19.5. The molecule has 2 rings (SSSR count). The number of amides is 1. The van der Waals surface area contributed by atoms with E-state index < -0.39 is 10.0 Å². The second-order valence-corrected chi connectivity index (χ2v) is 8.96. The number of sulfonamides is 1. The highest BCUT2D eigenvalue weighted by molar-refractivity contribution is 9.11. The maximum atomic E-state index is 12.0. The van der Waals surface area contributed by atoms with Crippen LogP contribution in [-0.4, -0.2) is 44.9 Å². The minimum absolute atomic E-state index is 0.0305. The molecule has 1 atom stereocenters. The van der Waals surface area contributed by atoms with Gasteiger partial charge >= 0.3 is 0 Å². The van der Waals surface area contributed by atoms with Gasteiger partial charge in [-0.3, -0.25) is 4.79 Å². The molecule has 1 aliphatic heterocycles. The Morgan fingerprint density at radius 2 is 2.30 bits per heavy atom. The van der Waals surface area contributed by atoms with Gasteiger partial charge in [0.1, 0.15) is 4.21 Å². The van der Waals surface area contributed by atoms with Gasteiger partial charge in [0.25, 0.3) is 10.0 Å². The maximum absolute atomic E-state index is 12.0. The number of rotatable bonds is 5. The lowest BCUT2D eigenvalue weighted by molar-refractivity contribution is -0.130. The fraction of sp³-hybridized carbons (Fsp3) is 0.545. The first kappa shape index (κ1) is 15.9. The lowest BCUT2D eigenvalue weighted by Gasteiger charge is -2.23. The van der Waals surface area contributed by atoms with Crippen molar-refractivity contribution in [2.45, 2.75) is 23.1 Å². The predicted octanol–water partition coefficient (Wildman–Crippen LogP) is 0.739. The average molecular weight is 382 g/mol. The lowest BCUT2D eigenvalue weighted by Crippen LogP contribution is -2.45. The molecule has 1 aromatic rings. The summed E-state index contributed by atoms with van der Waals surface area (Å²) in [6, 6.07) is 3.19. The third-order valence-electron chi connectivity index (χ3n) is 3.20. The Labute approximate surface area is 130 Å². The van der Waals surface area contributed by atoms with Crippen LogP contribution in [0.3, 0.4) is 0 Å². The van der Waals surface area contributed by atoms with E-state index in [4.69, 9.17) is 5.73 Å². The first-order chi connectivity index (χ1) is 9.44. The molecule has 1 aromatic heterocycles. The third-order valence-corrected chi connectivity index (χ3v) is 6.71. The van der Waals surface area contributed by atoms with Crippen LogP contribution in [0, 0.1) is 0 Å². The predicted molar refractivity (Wildman–Crippen MR) is 81.0 cm³/mol. The minimum Gasteiger partial charge on any atom is -0.337 e. The van der Waals surface area contributed by atoms with Crippen molar-refractivity contribution in [2.24, 2.45) is 5.73 Å².